The van der Waals surface area contributed by atoms with Gasteiger partial charge in [-0.15, -0.1) is 0 Å². The van der Waals surface area contributed by atoms with Crippen molar-refractivity contribution in [2.45, 2.75) is 39.5 Å². The molecule has 3 nitrogen and oxygen atoms in total. The van der Waals surface area contributed by atoms with Crippen LogP contribution in [-0.2, 0) is 6.42 Å². The zero-order valence-corrected chi connectivity index (χ0v) is 11.4. The van der Waals surface area contributed by atoms with Crippen molar-refractivity contribution in [3.8, 4) is 0 Å². The van der Waals surface area contributed by atoms with E-state index in [-0.39, 0.29) is 0 Å². The van der Waals surface area contributed by atoms with Crippen LogP contribution in [0.1, 0.15) is 38.9 Å². The van der Waals surface area contributed by atoms with Crippen molar-refractivity contribution in [3.05, 3.63) is 17.0 Å². The van der Waals surface area contributed by atoms with E-state index in [1.54, 1.807) is 0 Å². The van der Waals surface area contributed by atoms with E-state index < -0.39 is 0 Å². The number of hydrogen-bond donors (Lipinski definition) is 0. The van der Waals surface area contributed by atoms with E-state index in [0.717, 1.165) is 43.5 Å². The van der Waals surface area contributed by atoms with Crippen molar-refractivity contribution in [2.75, 3.05) is 18.0 Å². The molecule has 1 aliphatic rings. The van der Waals surface area contributed by atoms with Crippen LogP contribution in [0.25, 0.3) is 0 Å². The summed E-state index contributed by atoms with van der Waals surface area (Å²) < 4.78 is 0. The van der Waals surface area contributed by atoms with Crippen LogP contribution < -0.4 is 4.90 Å². The third-order valence-corrected chi connectivity index (χ3v) is 3.58. The Morgan fingerprint density at radius 2 is 2.24 bits per heavy atom. The van der Waals surface area contributed by atoms with Crippen molar-refractivity contribution in [3.63, 3.8) is 0 Å². The average Bonchev–Trinajstić information content (AvgIpc) is 2.77. The Hall–Kier alpha value is -0.830. The number of halogens is 1. The van der Waals surface area contributed by atoms with E-state index in [2.05, 4.69) is 28.7 Å². The molecule has 1 atom stereocenters. The van der Waals surface area contributed by atoms with Crippen molar-refractivity contribution >= 4 is 17.4 Å². The molecular formula is C13H20ClN3. The lowest BCUT2D eigenvalue weighted by Gasteiger charge is -2.18. The SMILES string of the molecule is CCCc1nc(Cl)cc(N2CCC(CC)C2)n1. The molecule has 1 saturated heterocycles. The van der Waals surface area contributed by atoms with Gasteiger partial charge in [0.25, 0.3) is 0 Å². The van der Waals surface area contributed by atoms with Gasteiger partial charge in [-0.25, -0.2) is 9.97 Å². The molecule has 2 heterocycles. The quantitative estimate of drug-likeness (QED) is 0.771. The summed E-state index contributed by atoms with van der Waals surface area (Å²) in [6, 6.07) is 1.89. The minimum atomic E-state index is 0.568. The molecule has 1 aromatic rings. The largest absolute Gasteiger partial charge is 0.356 e. The zero-order valence-electron chi connectivity index (χ0n) is 10.6. The summed E-state index contributed by atoms with van der Waals surface area (Å²) in [6.45, 7) is 6.59. The molecule has 0 spiro atoms. The first kappa shape index (κ1) is 12.6. The summed E-state index contributed by atoms with van der Waals surface area (Å²) in [5.41, 5.74) is 0. The molecule has 1 aliphatic heterocycles. The molecule has 0 saturated carbocycles. The predicted molar refractivity (Wildman–Crippen MR) is 71.6 cm³/mol. The molecule has 0 bridgehead atoms. The van der Waals surface area contributed by atoms with E-state index in [1.807, 2.05) is 6.07 Å². The normalized spacial score (nSPS) is 19.9. The fourth-order valence-electron chi connectivity index (χ4n) is 2.32. The van der Waals surface area contributed by atoms with E-state index in [4.69, 9.17) is 11.6 Å². The summed E-state index contributed by atoms with van der Waals surface area (Å²) >= 11 is 6.06. The Kier molecular flexibility index (Phi) is 4.21. The van der Waals surface area contributed by atoms with Gasteiger partial charge in [-0.3, -0.25) is 0 Å². The monoisotopic (exact) mass is 253 g/mol. The lowest BCUT2D eigenvalue weighted by molar-refractivity contribution is 0.568. The van der Waals surface area contributed by atoms with Crippen LogP contribution in [0, 0.1) is 5.92 Å². The van der Waals surface area contributed by atoms with Crippen molar-refractivity contribution in [2.24, 2.45) is 5.92 Å². The van der Waals surface area contributed by atoms with Gasteiger partial charge in [0.2, 0.25) is 0 Å². The van der Waals surface area contributed by atoms with Gasteiger partial charge in [0.05, 0.1) is 0 Å². The van der Waals surface area contributed by atoms with Crippen LogP contribution in [0.4, 0.5) is 5.82 Å². The van der Waals surface area contributed by atoms with Gasteiger partial charge in [-0.05, 0) is 18.8 Å². The highest BCUT2D eigenvalue weighted by Crippen LogP contribution is 2.25. The summed E-state index contributed by atoms with van der Waals surface area (Å²) in [4.78, 5) is 11.2. The smallest absolute Gasteiger partial charge is 0.134 e. The van der Waals surface area contributed by atoms with Crippen LogP contribution in [0.5, 0.6) is 0 Å². The third-order valence-electron chi connectivity index (χ3n) is 3.39. The lowest BCUT2D eigenvalue weighted by atomic mass is 10.1. The zero-order chi connectivity index (χ0) is 12.3. The molecular weight excluding hydrogens is 234 g/mol. The van der Waals surface area contributed by atoms with E-state index in [0.29, 0.717) is 5.15 Å². The third kappa shape index (κ3) is 3.09. The molecule has 0 amide bonds. The Balaban J connectivity index is 2.15. The van der Waals surface area contributed by atoms with Gasteiger partial charge in [0.15, 0.2) is 0 Å². The molecule has 1 unspecified atom stereocenters. The van der Waals surface area contributed by atoms with Gasteiger partial charge >= 0.3 is 0 Å². The second-order valence-corrected chi connectivity index (χ2v) is 5.11. The van der Waals surface area contributed by atoms with Gasteiger partial charge < -0.3 is 4.90 Å². The Labute approximate surface area is 108 Å². The average molecular weight is 254 g/mol. The van der Waals surface area contributed by atoms with E-state index in [9.17, 15) is 0 Å². The number of aromatic nitrogens is 2. The van der Waals surface area contributed by atoms with Gasteiger partial charge in [-0.1, -0.05) is 31.9 Å². The fraction of sp³-hybridized carbons (Fsp3) is 0.692. The molecule has 94 valence electrons. The highest BCUT2D eigenvalue weighted by Gasteiger charge is 2.22. The maximum Gasteiger partial charge on any atom is 0.134 e. The van der Waals surface area contributed by atoms with Crippen molar-refractivity contribution in [1.82, 2.24) is 9.97 Å². The number of anilines is 1. The molecule has 1 aromatic heterocycles. The molecule has 17 heavy (non-hydrogen) atoms. The van der Waals surface area contributed by atoms with Crippen LogP contribution in [0.15, 0.2) is 6.07 Å². The van der Waals surface area contributed by atoms with Crippen LogP contribution in [-0.4, -0.2) is 23.1 Å². The van der Waals surface area contributed by atoms with Crippen LogP contribution >= 0.6 is 11.6 Å². The first-order valence-corrected chi connectivity index (χ1v) is 6.89. The highest BCUT2D eigenvalue weighted by molar-refractivity contribution is 6.29. The Bertz CT molecular complexity index is 381. The molecule has 0 N–H and O–H groups in total. The second-order valence-electron chi connectivity index (χ2n) is 4.72. The summed E-state index contributed by atoms with van der Waals surface area (Å²) in [5, 5.41) is 0.568. The van der Waals surface area contributed by atoms with Gasteiger partial charge in [0, 0.05) is 25.6 Å². The lowest BCUT2D eigenvalue weighted by Crippen LogP contribution is -2.21. The summed E-state index contributed by atoms with van der Waals surface area (Å²) in [5.74, 6) is 2.68. The molecule has 0 radical (unpaired) electrons. The maximum atomic E-state index is 6.06. The Morgan fingerprint density at radius 1 is 1.41 bits per heavy atom. The Morgan fingerprint density at radius 3 is 2.88 bits per heavy atom. The fourth-order valence-corrected chi connectivity index (χ4v) is 2.52. The van der Waals surface area contributed by atoms with Gasteiger partial charge in [-0.2, -0.15) is 0 Å². The minimum Gasteiger partial charge on any atom is -0.356 e. The first-order chi connectivity index (χ1) is 8.22. The predicted octanol–water partition coefficient (Wildman–Crippen LogP) is 3.32. The topological polar surface area (TPSA) is 29.0 Å². The maximum absolute atomic E-state index is 6.06. The number of nitrogens with zero attached hydrogens (tertiary/aromatic N) is 3. The molecule has 1 fully saturated rings. The second kappa shape index (κ2) is 5.67. The number of rotatable bonds is 4. The van der Waals surface area contributed by atoms with Crippen LogP contribution in [0.2, 0.25) is 5.15 Å². The summed E-state index contributed by atoms with van der Waals surface area (Å²) in [7, 11) is 0. The number of hydrogen-bond acceptors (Lipinski definition) is 3. The first-order valence-electron chi connectivity index (χ1n) is 6.51. The highest BCUT2D eigenvalue weighted by atomic mass is 35.5. The van der Waals surface area contributed by atoms with Crippen molar-refractivity contribution < 1.29 is 0 Å². The standard InChI is InChI=1S/C13H20ClN3/c1-3-5-12-15-11(14)8-13(16-12)17-7-6-10(4-2)9-17/h8,10H,3-7,9H2,1-2H3. The molecule has 0 aliphatic carbocycles. The van der Waals surface area contributed by atoms with Crippen LogP contribution in [0.3, 0.4) is 0 Å². The van der Waals surface area contributed by atoms with E-state index >= 15 is 0 Å². The number of aryl methyl sites for hydroxylation is 1. The van der Waals surface area contributed by atoms with E-state index in [1.165, 1.54) is 12.8 Å². The summed E-state index contributed by atoms with van der Waals surface area (Å²) in [6.07, 6.45) is 4.47. The molecule has 2 rings (SSSR count). The van der Waals surface area contributed by atoms with Gasteiger partial charge in [0.1, 0.15) is 16.8 Å². The van der Waals surface area contributed by atoms with Crippen molar-refractivity contribution in [1.29, 1.82) is 0 Å². The molecule has 4 heteroatoms. The minimum absolute atomic E-state index is 0.568. The molecule has 0 aromatic carbocycles.